The van der Waals surface area contributed by atoms with E-state index in [1.165, 1.54) is 14.0 Å². The number of likely N-dealkylation sites (N-methyl/N-ethyl adjacent to an activating group) is 1. The van der Waals surface area contributed by atoms with Crippen molar-refractivity contribution in [2.75, 3.05) is 13.6 Å². The second-order valence-electron chi connectivity index (χ2n) is 6.34. The maximum absolute atomic E-state index is 12.9. The van der Waals surface area contributed by atoms with Gasteiger partial charge < -0.3 is 10.1 Å². The summed E-state index contributed by atoms with van der Waals surface area (Å²) < 4.78 is 43.4. The Hall–Kier alpha value is -2.00. The zero-order valence-electron chi connectivity index (χ0n) is 14.8. The average Bonchev–Trinajstić information content (AvgIpc) is 3.07. The molecule has 144 valence electrons. The Labute approximate surface area is 152 Å². The molecule has 0 aliphatic heterocycles. The summed E-state index contributed by atoms with van der Waals surface area (Å²) in [4.78, 5) is 23.8. The number of nitrogens with one attached hydrogen (secondary N) is 1. The molecule has 2 rings (SSSR count). The van der Waals surface area contributed by atoms with Gasteiger partial charge in [-0.3, -0.25) is 9.59 Å². The Bertz CT molecular complexity index is 745. The van der Waals surface area contributed by atoms with Crippen LogP contribution in [0.1, 0.15) is 32.6 Å². The molecule has 0 heterocycles. The van der Waals surface area contributed by atoms with Gasteiger partial charge in [-0.05, 0) is 44.0 Å². The van der Waals surface area contributed by atoms with Crippen LogP contribution in [0.5, 0.6) is 0 Å². The van der Waals surface area contributed by atoms with E-state index in [1.807, 2.05) is 0 Å². The molecule has 1 saturated carbocycles. The lowest BCUT2D eigenvalue weighted by atomic mass is 10.2. The summed E-state index contributed by atoms with van der Waals surface area (Å²) in [5.41, 5.74) is 0. The van der Waals surface area contributed by atoms with Gasteiger partial charge in [-0.2, -0.15) is 4.31 Å². The Morgan fingerprint density at radius 1 is 1.27 bits per heavy atom. The van der Waals surface area contributed by atoms with E-state index in [2.05, 4.69) is 5.32 Å². The Balaban J connectivity index is 1.89. The number of amides is 1. The van der Waals surface area contributed by atoms with E-state index >= 15 is 0 Å². The van der Waals surface area contributed by atoms with Gasteiger partial charge in [-0.25, -0.2) is 12.8 Å². The highest BCUT2D eigenvalue weighted by Gasteiger charge is 2.27. The highest BCUT2D eigenvalue weighted by Crippen LogP contribution is 2.18. The Morgan fingerprint density at radius 2 is 1.85 bits per heavy atom. The summed E-state index contributed by atoms with van der Waals surface area (Å²) >= 11 is 0. The van der Waals surface area contributed by atoms with E-state index in [0.29, 0.717) is 0 Å². The number of carbonyl (C=O) groups excluding carboxylic acids is 2. The van der Waals surface area contributed by atoms with Gasteiger partial charge in [0.2, 0.25) is 10.0 Å². The highest BCUT2D eigenvalue weighted by atomic mass is 32.2. The third kappa shape index (κ3) is 5.25. The minimum absolute atomic E-state index is 0.102. The molecule has 1 aromatic carbocycles. The van der Waals surface area contributed by atoms with Crippen molar-refractivity contribution in [2.45, 2.75) is 49.6 Å². The summed E-state index contributed by atoms with van der Waals surface area (Å²) in [5.74, 6) is -1.80. The fraction of sp³-hybridized carbons (Fsp3) is 0.529. The van der Waals surface area contributed by atoms with Crippen molar-refractivity contribution in [2.24, 2.45) is 0 Å². The molecule has 0 bridgehead atoms. The lowest BCUT2D eigenvalue weighted by Gasteiger charge is -2.19. The summed E-state index contributed by atoms with van der Waals surface area (Å²) in [6.07, 6.45) is 2.93. The van der Waals surface area contributed by atoms with Gasteiger partial charge in [-0.1, -0.05) is 12.8 Å². The first-order chi connectivity index (χ1) is 12.2. The summed E-state index contributed by atoms with van der Waals surface area (Å²) in [5, 5.41) is 2.82. The number of halogens is 1. The summed E-state index contributed by atoms with van der Waals surface area (Å²) in [6, 6.07) is 4.38. The van der Waals surface area contributed by atoms with E-state index in [4.69, 9.17) is 4.74 Å². The van der Waals surface area contributed by atoms with Gasteiger partial charge in [0.05, 0.1) is 4.90 Å². The lowest BCUT2D eigenvalue weighted by Crippen LogP contribution is -2.42. The summed E-state index contributed by atoms with van der Waals surface area (Å²) in [7, 11) is -2.75. The predicted octanol–water partition coefficient (Wildman–Crippen LogP) is 1.44. The minimum Gasteiger partial charge on any atom is -0.452 e. The van der Waals surface area contributed by atoms with Crippen molar-refractivity contribution < 1.29 is 27.1 Å². The Morgan fingerprint density at radius 3 is 2.42 bits per heavy atom. The van der Waals surface area contributed by atoms with Gasteiger partial charge >= 0.3 is 5.97 Å². The van der Waals surface area contributed by atoms with Crippen molar-refractivity contribution in [1.29, 1.82) is 0 Å². The number of hydrogen-bond donors (Lipinski definition) is 1. The maximum Gasteiger partial charge on any atom is 0.322 e. The first kappa shape index (κ1) is 20.3. The molecule has 1 unspecified atom stereocenters. The molecule has 1 N–H and O–H groups in total. The minimum atomic E-state index is -3.96. The average molecular weight is 386 g/mol. The molecular formula is C17H23FN2O5S. The lowest BCUT2D eigenvalue weighted by molar-refractivity contribution is -0.155. The van der Waals surface area contributed by atoms with Crippen LogP contribution in [0.3, 0.4) is 0 Å². The van der Waals surface area contributed by atoms with Gasteiger partial charge in [0.1, 0.15) is 12.4 Å². The molecule has 1 aliphatic carbocycles. The largest absolute Gasteiger partial charge is 0.452 e. The first-order valence-corrected chi connectivity index (χ1v) is 9.86. The van der Waals surface area contributed by atoms with Crippen LogP contribution in [0.2, 0.25) is 0 Å². The van der Waals surface area contributed by atoms with Gasteiger partial charge in [0, 0.05) is 13.1 Å². The normalized spacial score (nSPS) is 16.5. The first-order valence-electron chi connectivity index (χ1n) is 8.42. The molecule has 7 nitrogen and oxygen atoms in total. The molecule has 1 atom stereocenters. The molecule has 26 heavy (non-hydrogen) atoms. The van der Waals surface area contributed by atoms with Crippen molar-refractivity contribution in [3.63, 3.8) is 0 Å². The van der Waals surface area contributed by atoms with E-state index in [-0.39, 0.29) is 10.9 Å². The second kappa shape index (κ2) is 8.59. The smallest absolute Gasteiger partial charge is 0.322 e. The van der Waals surface area contributed by atoms with Crippen LogP contribution < -0.4 is 5.32 Å². The SMILES string of the molecule is CC(OC(=O)CN(C)S(=O)(=O)c1ccc(F)cc1)C(=O)NC1CCCC1. The van der Waals surface area contributed by atoms with Crippen LogP contribution in [0.25, 0.3) is 0 Å². The second-order valence-corrected chi connectivity index (χ2v) is 8.38. The predicted molar refractivity (Wildman–Crippen MR) is 92.2 cm³/mol. The van der Waals surface area contributed by atoms with Crippen molar-refractivity contribution in [3.05, 3.63) is 30.1 Å². The molecule has 0 aromatic heterocycles. The molecule has 9 heteroatoms. The molecule has 0 radical (unpaired) electrons. The molecule has 0 saturated heterocycles. The van der Waals surface area contributed by atoms with Crippen LogP contribution in [0.4, 0.5) is 4.39 Å². The standard InChI is InChI=1S/C17H23FN2O5S/c1-12(17(22)19-14-5-3-4-6-14)25-16(21)11-20(2)26(23,24)15-9-7-13(18)8-10-15/h7-10,12,14H,3-6,11H2,1-2H3,(H,19,22). The fourth-order valence-corrected chi connectivity index (χ4v) is 3.85. The highest BCUT2D eigenvalue weighted by molar-refractivity contribution is 7.89. The van der Waals surface area contributed by atoms with Gasteiger partial charge in [0.15, 0.2) is 6.10 Å². The zero-order valence-corrected chi connectivity index (χ0v) is 15.6. The maximum atomic E-state index is 12.9. The number of rotatable bonds is 7. The van der Waals surface area contributed by atoms with Gasteiger partial charge in [0.25, 0.3) is 5.91 Å². The van der Waals surface area contributed by atoms with Crippen molar-refractivity contribution >= 4 is 21.9 Å². The molecule has 1 fully saturated rings. The molecule has 1 aromatic rings. The number of benzene rings is 1. The number of sulfonamides is 1. The molecule has 0 spiro atoms. The van der Waals surface area contributed by atoms with E-state index < -0.39 is 40.4 Å². The van der Waals surface area contributed by atoms with Crippen LogP contribution in [-0.2, 0) is 24.3 Å². The number of carbonyl (C=O) groups is 2. The monoisotopic (exact) mass is 386 g/mol. The quantitative estimate of drug-likeness (QED) is 0.716. The number of hydrogen-bond acceptors (Lipinski definition) is 5. The van der Waals surface area contributed by atoms with E-state index in [1.54, 1.807) is 0 Å². The topological polar surface area (TPSA) is 92.8 Å². The molecular weight excluding hydrogens is 363 g/mol. The third-order valence-electron chi connectivity index (χ3n) is 4.25. The van der Waals surface area contributed by atoms with Crippen LogP contribution in [-0.4, -0.2) is 50.3 Å². The number of ether oxygens (including phenoxy) is 1. The van der Waals surface area contributed by atoms with Crippen LogP contribution >= 0.6 is 0 Å². The summed E-state index contributed by atoms with van der Waals surface area (Å²) in [6.45, 7) is 0.886. The number of esters is 1. The van der Waals surface area contributed by atoms with Gasteiger partial charge in [-0.15, -0.1) is 0 Å². The number of nitrogens with zero attached hydrogens (tertiary/aromatic N) is 1. The van der Waals surface area contributed by atoms with Crippen molar-refractivity contribution in [1.82, 2.24) is 9.62 Å². The fourth-order valence-electron chi connectivity index (χ4n) is 2.73. The zero-order chi connectivity index (χ0) is 19.3. The Kier molecular flexibility index (Phi) is 6.71. The van der Waals surface area contributed by atoms with Crippen LogP contribution in [0, 0.1) is 5.82 Å². The van der Waals surface area contributed by atoms with E-state index in [9.17, 15) is 22.4 Å². The molecule has 1 aliphatic rings. The van der Waals surface area contributed by atoms with Crippen molar-refractivity contribution in [3.8, 4) is 0 Å². The van der Waals surface area contributed by atoms with Crippen LogP contribution in [0.15, 0.2) is 29.2 Å². The third-order valence-corrected chi connectivity index (χ3v) is 6.07. The molecule has 1 amide bonds. The van der Waals surface area contributed by atoms with E-state index in [0.717, 1.165) is 54.3 Å².